The van der Waals surface area contributed by atoms with Gasteiger partial charge < -0.3 is 15.0 Å². The van der Waals surface area contributed by atoms with Crippen LogP contribution < -0.4 is 10.2 Å². The molecule has 2 aliphatic heterocycles. The van der Waals surface area contributed by atoms with Crippen molar-refractivity contribution in [2.45, 2.75) is 38.6 Å². The van der Waals surface area contributed by atoms with Crippen molar-refractivity contribution in [3.8, 4) is 0 Å². The first-order valence-electron chi connectivity index (χ1n) is 8.22. The molecule has 4 nitrogen and oxygen atoms in total. The predicted octanol–water partition coefficient (Wildman–Crippen LogP) is 2.46. The Balaban J connectivity index is 1.43. The SMILES string of the molecule is CC1(CNC2CCN(c3ccccn3)CC2)CCOCC1. The number of ether oxygens (including phenoxy) is 1. The van der Waals surface area contributed by atoms with Crippen LogP contribution in [-0.4, -0.2) is 43.9 Å². The first-order chi connectivity index (χ1) is 10.3. The first-order valence-corrected chi connectivity index (χ1v) is 8.22. The van der Waals surface area contributed by atoms with Gasteiger partial charge in [0.1, 0.15) is 5.82 Å². The van der Waals surface area contributed by atoms with Crippen molar-refractivity contribution in [2.24, 2.45) is 5.41 Å². The maximum absolute atomic E-state index is 5.48. The second-order valence-electron chi connectivity index (χ2n) is 6.75. The molecule has 21 heavy (non-hydrogen) atoms. The highest BCUT2D eigenvalue weighted by Gasteiger charge is 2.28. The van der Waals surface area contributed by atoms with Crippen LogP contribution >= 0.6 is 0 Å². The molecule has 4 heteroatoms. The Morgan fingerprint density at radius 2 is 2.05 bits per heavy atom. The molecule has 0 saturated carbocycles. The number of nitrogens with one attached hydrogen (secondary N) is 1. The fraction of sp³-hybridized carbons (Fsp3) is 0.706. The zero-order valence-corrected chi connectivity index (χ0v) is 13.1. The summed E-state index contributed by atoms with van der Waals surface area (Å²) in [5, 5.41) is 3.80. The summed E-state index contributed by atoms with van der Waals surface area (Å²) in [6.07, 6.45) is 6.68. The summed E-state index contributed by atoms with van der Waals surface area (Å²) in [5.41, 5.74) is 0.427. The van der Waals surface area contributed by atoms with Crippen LogP contribution in [0, 0.1) is 5.41 Å². The number of pyridine rings is 1. The van der Waals surface area contributed by atoms with E-state index in [9.17, 15) is 0 Å². The minimum atomic E-state index is 0.427. The molecule has 1 aromatic rings. The molecule has 0 atom stereocenters. The second kappa shape index (κ2) is 6.75. The highest BCUT2D eigenvalue weighted by molar-refractivity contribution is 5.38. The fourth-order valence-electron chi connectivity index (χ4n) is 3.29. The summed E-state index contributed by atoms with van der Waals surface area (Å²) >= 11 is 0. The molecule has 116 valence electrons. The summed E-state index contributed by atoms with van der Waals surface area (Å²) in [5.74, 6) is 1.12. The van der Waals surface area contributed by atoms with Gasteiger partial charge in [-0.25, -0.2) is 4.98 Å². The molecule has 0 aromatic carbocycles. The van der Waals surface area contributed by atoms with Gasteiger partial charge in [-0.05, 0) is 43.2 Å². The third kappa shape index (κ3) is 3.95. The third-order valence-electron chi connectivity index (χ3n) is 4.99. The molecular formula is C17H27N3O. The highest BCUT2D eigenvalue weighted by atomic mass is 16.5. The molecule has 3 rings (SSSR count). The van der Waals surface area contributed by atoms with E-state index in [2.05, 4.69) is 34.3 Å². The lowest BCUT2D eigenvalue weighted by Crippen LogP contribution is -2.46. The lowest BCUT2D eigenvalue weighted by molar-refractivity contribution is 0.0225. The predicted molar refractivity (Wildman–Crippen MR) is 85.6 cm³/mol. The largest absolute Gasteiger partial charge is 0.381 e. The summed E-state index contributed by atoms with van der Waals surface area (Å²) in [7, 11) is 0. The van der Waals surface area contributed by atoms with E-state index in [1.54, 1.807) is 0 Å². The lowest BCUT2D eigenvalue weighted by Gasteiger charge is -2.38. The quantitative estimate of drug-likeness (QED) is 0.924. The molecular weight excluding hydrogens is 262 g/mol. The smallest absolute Gasteiger partial charge is 0.128 e. The van der Waals surface area contributed by atoms with Gasteiger partial charge in [0.2, 0.25) is 0 Å². The van der Waals surface area contributed by atoms with E-state index >= 15 is 0 Å². The van der Waals surface area contributed by atoms with Gasteiger partial charge in [0, 0.05) is 45.1 Å². The molecule has 0 bridgehead atoms. The number of piperidine rings is 1. The van der Waals surface area contributed by atoms with Crippen molar-refractivity contribution in [3.05, 3.63) is 24.4 Å². The highest BCUT2D eigenvalue weighted by Crippen LogP contribution is 2.29. The average Bonchev–Trinajstić information content (AvgIpc) is 2.55. The normalized spacial score (nSPS) is 23.2. The summed E-state index contributed by atoms with van der Waals surface area (Å²) in [6.45, 7) is 7.59. The van der Waals surface area contributed by atoms with Gasteiger partial charge >= 0.3 is 0 Å². The van der Waals surface area contributed by atoms with E-state index in [1.165, 1.54) is 25.7 Å². The Labute approximate surface area is 127 Å². The van der Waals surface area contributed by atoms with Gasteiger partial charge in [-0.3, -0.25) is 0 Å². The molecule has 0 spiro atoms. The Bertz CT molecular complexity index is 423. The second-order valence-corrected chi connectivity index (χ2v) is 6.75. The Morgan fingerprint density at radius 1 is 1.29 bits per heavy atom. The van der Waals surface area contributed by atoms with E-state index in [-0.39, 0.29) is 0 Å². The van der Waals surface area contributed by atoms with Gasteiger partial charge in [-0.2, -0.15) is 0 Å². The van der Waals surface area contributed by atoms with Crippen molar-refractivity contribution >= 4 is 5.82 Å². The van der Waals surface area contributed by atoms with Crippen LogP contribution in [0.15, 0.2) is 24.4 Å². The van der Waals surface area contributed by atoms with Gasteiger partial charge in [0.25, 0.3) is 0 Å². The average molecular weight is 289 g/mol. The van der Waals surface area contributed by atoms with Crippen LogP contribution in [0.5, 0.6) is 0 Å². The molecule has 0 aliphatic carbocycles. The molecule has 1 N–H and O–H groups in total. The molecule has 0 amide bonds. The maximum Gasteiger partial charge on any atom is 0.128 e. The van der Waals surface area contributed by atoms with Gasteiger partial charge in [-0.1, -0.05) is 13.0 Å². The standard InChI is InChI=1S/C17H27N3O/c1-17(7-12-21-13-8-17)14-19-15-5-10-20(11-6-15)16-4-2-3-9-18-16/h2-4,9,15,19H,5-8,10-14H2,1H3. The van der Waals surface area contributed by atoms with Crippen LogP contribution in [-0.2, 0) is 4.74 Å². The van der Waals surface area contributed by atoms with Crippen LogP contribution in [0.4, 0.5) is 5.82 Å². The van der Waals surface area contributed by atoms with Crippen molar-refractivity contribution in [1.82, 2.24) is 10.3 Å². The van der Waals surface area contributed by atoms with E-state index in [4.69, 9.17) is 4.74 Å². The monoisotopic (exact) mass is 289 g/mol. The van der Waals surface area contributed by atoms with Crippen molar-refractivity contribution < 1.29 is 4.74 Å². The molecule has 2 saturated heterocycles. The van der Waals surface area contributed by atoms with Crippen LogP contribution in [0.2, 0.25) is 0 Å². The van der Waals surface area contributed by atoms with Gasteiger partial charge in [-0.15, -0.1) is 0 Å². The number of hydrogen-bond acceptors (Lipinski definition) is 4. The Hall–Kier alpha value is -1.13. The Morgan fingerprint density at radius 3 is 2.71 bits per heavy atom. The van der Waals surface area contributed by atoms with E-state index in [0.29, 0.717) is 11.5 Å². The number of hydrogen-bond donors (Lipinski definition) is 1. The third-order valence-corrected chi connectivity index (χ3v) is 4.99. The lowest BCUT2D eigenvalue weighted by atomic mass is 9.82. The summed E-state index contributed by atoms with van der Waals surface area (Å²) in [4.78, 5) is 6.85. The van der Waals surface area contributed by atoms with E-state index in [1.807, 2.05) is 12.3 Å². The fourth-order valence-corrected chi connectivity index (χ4v) is 3.29. The molecule has 1 aromatic heterocycles. The number of anilines is 1. The first kappa shape index (κ1) is 14.8. The zero-order valence-electron chi connectivity index (χ0n) is 13.1. The van der Waals surface area contributed by atoms with Gasteiger partial charge in [0.15, 0.2) is 0 Å². The van der Waals surface area contributed by atoms with E-state index in [0.717, 1.165) is 38.7 Å². The summed E-state index contributed by atoms with van der Waals surface area (Å²) < 4.78 is 5.48. The zero-order chi connectivity index (χ0) is 14.5. The Kier molecular flexibility index (Phi) is 4.76. The molecule has 2 aliphatic rings. The minimum Gasteiger partial charge on any atom is -0.381 e. The van der Waals surface area contributed by atoms with Crippen molar-refractivity contribution in [3.63, 3.8) is 0 Å². The van der Waals surface area contributed by atoms with Crippen molar-refractivity contribution in [2.75, 3.05) is 37.7 Å². The topological polar surface area (TPSA) is 37.4 Å². The number of rotatable bonds is 4. The molecule has 0 unspecified atom stereocenters. The number of aromatic nitrogens is 1. The van der Waals surface area contributed by atoms with Crippen LogP contribution in [0.1, 0.15) is 32.6 Å². The maximum atomic E-state index is 5.48. The molecule has 2 fully saturated rings. The van der Waals surface area contributed by atoms with Crippen LogP contribution in [0.25, 0.3) is 0 Å². The van der Waals surface area contributed by atoms with Gasteiger partial charge in [0.05, 0.1) is 0 Å². The van der Waals surface area contributed by atoms with Crippen molar-refractivity contribution in [1.29, 1.82) is 0 Å². The molecule has 0 radical (unpaired) electrons. The number of nitrogens with zero attached hydrogens (tertiary/aromatic N) is 2. The van der Waals surface area contributed by atoms with E-state index < -0.39 is 0 Å². The van der Waals surface area contributed by atoms with Crippen LogP contribution in [0.3, 0.4) is 0 Å². The minimum absolute atomic E-state index is 0.427. The summed E-state index contributed by atoms with van der Waals surface area (Å²) in [6, 6.07) is 6.81. The molecule has 3 heterocycles.